The summed E-state index contributed by atoms with van der Waals surface area (Å²) in [5, 5.41) is 14.4. The van der Waals surface area contributed by atoms with Crippen LogP contribution < -0.4 is 33.7 Å². The maximum atomic E-state index is 12.7. The van der Waals surface area contributed by atoms with Crippen molar-refractivity contribution in [2.24, 2.45) is 0 Å². The van der Waals surface area contributed by atoms with Crippen LogP contribution in [0.25, 0.3) is 12.2 Å². The van der Waals surface area contributed by atoms with Gasteiger partial charge in [0.25, 0.3) is 0 Å². The summed E-state index contributed by atoms with van der Waals surface area (Å²) in [5.74, 6) is 2.10. The van der Waals surface area contributed by atoms with Gasteiger partial charge in [-0.2, -0.15) is 0 Å². The van der Waals surface area contributed by atoms with Crippen LogP contribution in [0.2, 0.25) is 0 Å². The van der Waals surface area contributed by atoms with Crippen LogP contribution in [-0.2, 0) is 0 Å². The molecule has 0 saturated heterocycles. The first-order valence-electron chi connectivity index (χ1n) is 11.8. The number of rotatable bonds is 13. The molecule has 0 bridgehead atoms. The molecule has 40 heavy (non-hydrogen) atoms. The van der Waals surface area contributed by atoms with Crippen LogP contribution >= 0.6 is 0 Å². The third-order valence-electron chi connectivity index (χ3n) is 5.83. The molecule has 1 N–H and O–H groups in total. The average molecular weight is 551 g/mol. The number of nitrogens with one attached hydrogen (secondary N) is 1. The standard InChI is InChI=1S/C29H30N2O9/c1-35-24-10-9-20(15-22(24)31(33)34)23(32)11-12-30-21-17-26(37-3)25(36-2)16-19(21)8-7-18-13-27(38-4)29(40-6)28(14-18)39-5/h7-17,30H,1-6H3. The number of nitrogens with zero attached hydrogens (tertiary/aromatic N) is 1. The van der Waals surface area contributed by atoms with Crippen LogP contribution in [0, 0.1) is 10.1 Å². The molecule has 3 aromatic rings. The van der Waals surface area contributed by atoms with Crippen molar-refractivity contribution < 1.29 is 38.1 Å². The Hall–Kier alpha value is -5.19. The first-order valence-corrected chi connectivity index (χ1v) is 11.8. The van der Waals surface area contributed by atoms with E-state index < -0.39 is 10.7 Å². The van der Waals surface area contributed by atoms with Crippen molar-refractivity contribution in [1.29, 1.82) is 0 Å². The second kappa shape index (κ2) is 13.6. The number of hydrogen-bond donors (Lipinski definition) is 1. The van der Waals surface area contributed by atoms with E-state index in [1.807, 2.05) is 12.2 Å². The number of methoxy groups -OCH3 is 6. The van der Waals surface area contributed by atoms with Gasteiger partial charge in [-0.05, 0) is 35.9 Å². The molecule has 0 aliphatic heterocycles. The molecule has 3 rings (SSSR count). The van der Waals surface area contributed by atoms with Gasteiger partial charge in [0.15, 0.2) is 34.5 Å². The molecule has 0 spiro atoms. The number of hydrogen-bond acceptors (Lipinski definition) is 10. The van der Waals surface area contributed by atoms with Crippen LogP contribution in [0.15, 0.2) is 54.7 Å². The molecule has 0 aliphatic carbocycles. The van der Waals surface area contributed by atoms with Gasteiger partial charge in [-0.15, -0.1) is 0 Å². The van der Waals surface area contributed by atoms with Gasteiger partial charge in [-0.1, -0.05) is 12.2 Å². The number of anilines is 1. The summed E-state index contributed by atoms with van der Waals surface area (Å²) in [6.45, 7) is 0. The summed E-state index contributed by atoms with van der Waals surface area (Å²) < 4.78 is 32.1. The second-order valence-corrected chi connectivity index (χ2v) is 8.07. The molecule has 0 saturated carbocycles. The van der Waals surface area contributed by atoms with Gasteiger partial charge in [0.2, 0.25) is 5.75 Å². The molecule has 0 atom stereocenters. The number of nitro groups is 1. The Labute approximate surface area is 231 Å². The summed E-state index contributed by atoms with van der Waals surface area (Å²) in [6, 6.07) is 11.1. The lowest BCUT2D eigenvalue weighted by Gasteiger charge is -2.14. The zero-order chi connectivity index (χ0) is 29.2. The lowest BCUT2D eigenvalue weighted by molar-refractivity contribution is -0.385. The highest BCUT2D eigenvalue weighted by Gasteiger charge is 2.17. The van der Waals surface area contributed by atoms with Crippen molar-refractivity contribution >= 4 is 29.3 Å². The van der Waals surface area contributed by atoms with Crippen molar-refractivity contribution in [3.63, 3.8) is 0 Å². The molecule has 0 aromatic heterocycles. The summed E-state index contributed by atoms with van der Waals surface area (Å²) in [7, 11) is 8.99. The Morgan fingerprint density at radius 2 is 1.35 bits per heavy atom. The van der Waals surface area contributed by atoms with E-state index in [-0.39, 0.29) is 17.0 Å². The van der Waals surface area contributed by atoms with E-state index in [0.29, 0.717) is 40.0 Å². The third kappa shape index (κ3) is 6.62. The third-order valence-corrected chi connectivity index (χ3v) is 5.83. The highest BCUT2D eigenvalue weighted by Crippen LogP contribution is 2.39. The Bertz CT molecular complexity index is 1420. The summed E-state index contributed by atoms with van der Waals surface area (Å²) >= 11 is 0. The quantitative estimate of drug-likeness (QED) is 0.0941. The van der Waals surface area contributed by atoms with E-state index in [0.717, 1.165) is 5.56 Å². The summed E-state index contributed by atoms with van der Waals surface area (Å²) in [4.78, 5) is 23.4. The predicted molar refractivity (Wildman–Crippen MR) is 151 cm³/mol. The molecule has 3 aromatic carbocycles. The molecule has 0 amide bonds. The van der Waals surface area contributed by atoms with E-state index in [1.165, 1.54) is 58.9 Å². The predicted octanol–water partition coefficient (Wildman–Crippen LogP) is 5.63. The molecule has 11 heteroatoms. The lowest BCUT2D eigenvalue weighted by atomic mass is 10.1. The van der Waals surface area contributed by atoms with Gasteiger partial charge >= 0.3 is 5.69 Å². The van der Waals surface area contributed by atoms with Gasteiger partial charge in [-0.25, -0.2) is 0 Å². The Kier molecular flexibility index (Phi) is 9.95. The minimum Gasteiger partial charge on any atom is -0.493 e. The highest BCUT2D eigenvalue weighted by atomic mass is 16.6. The van der Waals surface area contributed by atoms with Crippen LogP contribution in [-0.4, -0.2) is 53.4 Å². The van der Waals surface area contributed by atoms with Gasteiger partial charge in [-0.3, -0.25) is 14.9 Å². The van der Waals surface area contributed by atoms with Crippen molar-refractivity contribution in [2.75, 3.05) is 48.0 Å². The maximum Gasteiger partial charge on any atom is 0.311 e. The number of carbonyl (C=O) groups excluding carboxylic acids is 1. The van der Waals surface area contributed by atoms with Gasteiger partial charge in [0, 0.05) is 41.2 Å². The SMILES string of the molecule is COc1cc(C=Cc2cc(OC)c(OC)c(OC)c2)c(NC=CC(=O)c2ccc(OC)c([N+](=O)[O-])c2)cc1OC. The average Bonchev–Trinajstić information content (AvgIpc) is 2.98. The number of carbonyl (C=O) groups is 1. The molecular formula is C29H30N2O9. The molecule has 0 fully saturated rings. The summed E-state index contributed by atoms with van der Waals surface area (Å²) in [5.41, 5.74) is 1.94. The van der Waals surface area contributed by atoms with Crippen molar-refractivity contribution in [3.05, 3.63) is 81.5 Å². The molecule has 0 unspecified atom stereocenters. The monoisotopic (exact) mass is 550 g/mol. The fourth-order valence-electron chi connectivity index (χ4n) is 3.83. The van der Waals surface area contributed by atoms with Crippen LogP contribution in [0.5, 0.6) is 34.5 Å². The lowest BCUT2D eigenvalue weighted by Crippen LogP contribution is -2.01. The van der Waals surface area contributed by atoms with E-state index in [9.17, 15) is 14.9 Å². The maximum absolute atomic E-state index is 12.7. The molecule has 210 valence electrons. The second-order valence-electron chi connectivity index (χ2n) is 8.07. The highest BCUT2D eigenvalue weighted by molar-refractivity contribution is 6.05. The zero-order valence-corrected chi connectivity index (χ0v) is 23.0. The topological polar surface area (TPSA) is 128 Å². The number of ketones is 1. The minimum absolute atomic E-state index is 0.0671. The van der Waals surface area contributed by atoms with Crippen molar-refractivity contribution in [2.45, 2.75) is 0 Å². The Balaban J connectivity index is 1.94. The van der Waals surface area contributed by atoms with Gasteiger partial charge < -0.3 is 33.7 Å². The first kappa shape index (κ1) is 29.4. The molecular weight excluding hydrogens is 520 g/mol. The Morgan fingerprint density at radius 3 is 1.90 bits per heavy atom. The largest absolute Gasteiger partial charge is 0.493 e. The molecule has 0 heterocycles. The summed E-state index contributed by atoms with van der Waals surface area (Å²) in [6.07, 6.45) is 6.40. The van der Waals surface area contributed by atoms with Gasteiger partial charge in [0.1, 0.15) is 0 Å². The molecule has 11 nitrogen and oxygen atoms in total. The fourth-order valence-corrected chi connectivity index (χ4v) is 3.83. The zero-order valence-electron chi connectivity index (χ0n) is 23.0. The van der Waals surface area contributed by atoms with Crippen molar-refractivity contribution in [3.8, 4) is 34.5 Å². The first-order chi connectivity index (χ1) is 19.3. The number of allylic oxidation sites excluding steroid dienone is 1. The van der Waals surface area contributed by atoms with E-state index in [1.54, 1.807) is 38.5 Å². The van der Waals surface area contributed by atoms with E-state index in [4.69, 9.17) is 28.4 Å². The van der Waals surface area contributed by atoms with Crippen LogP contribution in [0.4, 0.5) is 11.4 Å². The van der Waals surface area contributed by atoms with Gasteiger partial charge in [0.05, 0.1) is 47.6 Å². The minimum atomic E-state index is -0.603. The molecule has 0 radical (unpaired) electrons. The van der Waals surface area contributed by atoms with E-state index in [2.05, 4.69) is 5.32 Å². The number of ether oxygens (including phenoxy) is 6. The van der Waals surface area contributed by atoms with Crippen LogP contribution in [0.1, 0.15) is 21.5 Å². The Morgan fingerprint density at radius 1 is 0.750 bits per heavy atom. The smallest absolute Gasteiger partial charge is 0.311 e. The number of nitro benzene ring substituents is 1. The van der Waals surface area contributed by atoms with Crippen molar-refractivity contribution in [1.82, 2.24) is 0 Å². The van der Waals surface area contributed by atoms with E-state index >= 15 is 0 Å². The fraction of sp³-hybridized carbons (Fsp3) is 0.207. The number of benzene rings is 3. The molecule has 0 aliphatic rings. The normalized spacial score (nSPS) is 10.8. The van der Waals surface area contributed by atoms with Crippen LogP contribution in [0.3, 0.4) is 0 Å².